The summed E-state index contributed by atoms with van der Waals surface area (Å²) in [5, 5.41) is 6.88. The highest BCUT2D eigenvalue weighted by atomic mass is 32.2. The first-order valence-corrected chi connectivity index (χ1v) is 12.6. The normalized spacial score (nSPS) is 20.5. The van der Waals surface area contributed by atoms with Crippen molar-refractivity contribution in [3.05, 3.63) is 29.8 Å². The summed E-state index contributed by atoms with van der Waals surface area (Å²) < 4.78 is 27.2. The largest absolute Gasteiger partial charge is 0.354 e. The lowest BCUT2D eigenvalue weighted by molar-refractivity contribution is 0.167. The number of nitrogens with one attached hydrogen (secondary N) is 2. The summed E-state index contributed by atoms with van der Waals surface area (Å²) in [5.74, 6) is 0.794. The van der Waals surface area contributed by atoms with E-state index in [1.165, 1.54) is 0 Å². The molecular weight excluding hydrogens is 398 g/mol. The fourth-order valence-corrected chi connectivity index (χ4v) is 5.68. The van der Waals surface area contributed by atoms with Crippen LogP contribution in [0, 0.1) is 0 Å². The predicted molar refractivity (Wildman–Crippen MR) is 122 cm³/mol. The Labute approximate surface area is 182 Å². The highest BCUT2D eigenvalue weighted by Gasteiger charge is 2.25. The second kappa shape index (κ2) is 10.6. The summed E-state index contributed by atoms with van der Waals surface area (Å²) in [6.07, 6.45) is 5.24. The molecule has 1 aromatic carbocycles. The number of sulfonamides is 1. The fourth-order valence-electron chi connectivity index (χ4n) is 4.17. The molecule has 2 N–H and O–H groups in total. The first-order valence-electron chi connectivity index (χ1n) is 11.2. The maximum absolute atomic E-state index is 12.8. The quantitative estimate of drug-likeness (QED) is 0.530. The van der Waals surface area contributed by atoms with E-state index in [4.69, 9.17) is 0 Å². The molecular formula is C22H37N5O2S. The van der Waals surface area contributed by atoms with Crippen LogP contribution in [0.25, 0.3) is 0 Å². The lowest BCUT2D eigenvalue weighted by Gasteiger charge is -2.35. The zero-order valence-corrected chi connectivity index (χ0v) is 19.4. The molecule has 0 bridgehead atoms. The van der Waals surface area contributed by atoms with Crippen molar-refractivity contribution in [3.8, 4) is 0 Å². The summed E-state index contributed by atoms with van der Waals surface area (Å²) in [6.45, 7) is 8.58. The smallest absolute Gasteiger partial charge is 0.243 e. The van der Waals surface area contributed by atoms with Crippen molar-refractivity contribution in [3.63, 3.8) is 0 Å². The van der Waals surface area contributed by atoms with E-state index in [2.05, 4.69) is 34.4 Å². The number of aliphatic imine (C=N–C) groups is 1. The van der Waals surface area contributed by atoms with Crippen molar-refractivity contribution in [2.24, 2.45) is 4.99 Å². The third kappa shape index (κ3) is 5.95. The first kappa shape index (κ1) is 23.0. The second-order valence-electron chi connectivity index (χ2n) is 8.58. The molecule has 0 aromatic heterocycles. The molecule has 2 heterocycles. The van der Waals surface area contributed by atoms with Crippen molar-refractivity contribution in [1.82, 2.24) is 19.8 Å². The zero-order chi connectivity index (χ0) is 21.6. The predicted octanol–water partition coefficient (Wildman–Crippen LogP) is 2.40. The van der Waals surface area contributed by atoms with Crippen molar-refractivity contribution < 1.29 is 8.42 Å². The second-order valence-corrected chi connectivity index (χ2v) is 10.5. The number of hydrogen-bond donors (Lipinski definition) is 2. The first-order chi connectivity index (χ1) is 14.4. The Balaban J connectivity index is 1.50. The third-order valence-electron chi connectivity index (χ3n) is 6.16. The minimum Gasteiger partial charge on any atom is -0.354 e. The van der Waals surface area contributed by atoms with Crippen LogP contribution < -0.4 is 10.6 Å². The number of hydrogen-bond acceptors (Lipinski definition) is 4. The summed E-state index contributed by atoms with van der Waals surface area (Å²) >= 11 is 0. The highest BCUT2D eigenvalue weighted by molar-refractivity contribution is 7.89. The van der Waals surface area contributed by atoms with Gasteiger partial charge in [0.1, 0.15) is 0 Å². The number of guanidine groups is 1. The molecule has 0 amide bonds. The average Bonchev–Trinajstić information content (AvgIpc) is 2.77. The van der Waals surface area contributed by atoms with E-state index in [0.717, 1.165) is 56.7 Å². The summed E-state index contributed by atoms with van der Waals surface area (Å²) in [6, 6.07) is 8.25. The van der Waals surface area contributed by atoms with Gasteiger partial charge in [-0.1, -0.05) is 18.6 Å². The maximum Gasteiger partial charge on any atom is 0.243 e. The van der Waals surface area contributed by atoms with Gasteiger partial charge in [-0.15, -0.1) is 0 Å². The van der Waals surface area contributed by atoms with Crippen molar-refractivity contribution >= 4 is 16.0 Å². The Morgan fingerprint density at radius 1 is 1.07 bits per heavy atom. The van der Waals surface area contributed by atoms with Crippen LogP contribution in [0.5, 0.6) is 0 Å². The standard InChI is InChI=1S/C22H37N5O2S/c1-18(2)26-15-11-20(12-16-26)25-22(23-3)24-17-19-7-9-21(10-8-19)30(28,29)27-13-5-4-6-14-27/h7-10,18,20H,4-6,11-17H2,1-3H3,(H2,23,24,25). The van der Waals surface area contributed by atoms with Gasteiger partial charge in [-0.2, -0.15) is 4.31 Å². The van der Waals surface area contributed by atoms with Crippen LogP contribution in [0.1, 0.15) is 51.5 Å². The monoisotopic (exact) mass is 435 g/mol. The van der Waals surface area contributed by atoms with E-state index in [1.807, 2.05) is 12.1 Å². The lowest BCUT2D eigenvalue weighted by atomic mass is 10.0. The molecule has 8 heteroatoms. The van der Waals surface area contributed by atoms with E-state index in [9.17, 15) is 8.42 Å². The van der Waals surface area contributed by atoms with Crippen LogP contribution in [-0.2, 0) is 16.6 Å². The Hall–Kier alpha value is -1.64. The van der Waals surface area contributed by atoms with Crippen LogP contribution >= 0.6 is 0 Å². The van der Waals surface area contributed by atoms with Crippen LogP contribution in [-0.4, -0.2) is 68.9 Å². The van der Waals surface area contributed by atoms with Crippen LogP contribution in [0.15, 0.2) is 34.2 Å². The molecule has 2 fully saturated rings. The molecule has 0 spiro atoms. The van der Waals surface area contributed by atoms with Crippen LogP contribution in [0.2, 0.25) is 0 Å². The number of benzene rings is 1. The van der Waals surface area contributed by atoms with Crippen molar-refractivity contribution in [1.29, 1.82) is 0 Å². The molecule has 0 aliphatic carbocycles. The molecule has 2 aliphatic rings. The van der Waals surface area contributed by atoms with Gasteiger partial charge >= 0.3 is 0 Å². The topological polar surface area (TPSA) is 77.0 Å². The molecule has 0 radical (unpaired) electrons. The van der Waals surface area contributed by atoms with Gasteiger partial charge < -0.3 is 15.5 Å². The molecule has 0 saturated carbocycles. The fraction of sp³-hybridized carbons (Fsp3) is 0.682. The zero-order valence-electron chi connectivity index (χ0n) is 18.6. The van der Waals surface area contributed by atoms with Crippen LogP contribution in [0.4, 0.5) is 0 Å². The molecule has 3 rings (SSSR count). The minimum absolute atomic E-state index is 0.382. The van der Waals surface area contributed by atoms with Gasteiger partial charge in [0.25, 0.3) is 0 Å². The van der Waals surface area contributed by atoms with Gasteiger partial charge in [-0.25, -0.2) is 8.42 Å². The summed E-state index contributed by atoms with van der Waals surface area (Å²) in [4.78, 5) is 7.24. The number of nitrogens with zero attached hydrogens (tertiary/aromatic N) is 3. The van der Waals surface area contributed by atoms with Gasteiger partial charge in [-0.3, -0.25) is 4.99 Å². The van der Waals surface area contributed by atoms with Crippen molar-refractivity contribution in [2.45, 2.75) is 69.5 Å². The van der Waals surface area contributed by atoms with E-state index in [-0.39, 0.29) is 0 Å². The van der Waals surface area contributed by atoms with Gasteiger partial charge in [0.15, 0.2) is 5.96 Å². The maximum atomic E-state index is 12.8. The van der Waals surface area contributed by atoms with Gasteiger partial charge in [0.2, 0.25) is 10.0 Å². The molecule has 168 valence electrons. The Morgan fingerprint density at radius 2 is 1.70 bits per heavy atom. The minimum atomic E-state index is -3.37. The summed E-state index contributed by atoms with van der Waals surface area (Å²) in [7, 11) is -1.59. The molecule has 2 aliphatic heterocycles. The number of rotatable bonds is 6. The molecule has 0 unspecified atom stereocenters. The SMILES string of the molecule is CN=C(NCc1ccc(S(=O)(=O)N2CCCCC2)cc1)NC1CCN(C(C)C)CC1. The Bertz CT molecular complexity index is 793. The molecule has 0 atom stereocenters. The molecule has 1 aromatic rings. The van der Waals surface area contributed by atoms with Gasteiger partial charge in [0.05, 0.1) is 4.90 Å². The van der Waals surface area contributed by atoms with E-state index >= 15 is 0 Å². The average molecular weight is 436 g/mol. The molecule has 7 nitrogen and oxygen atoms in total. The van der Waals surface area contributed by atoms with E-state index < -0.39 is 10.0 Å². The highest BCUT2D eigenvalue weighted by Crippen LogP contribution is 2.21. The van der Waals surface area contributed by atoms with Crippen molar-refractivity contribution in [2.75, 3.05) is 33.2 Å². The summed E-state index contributed by atoms with van der Waals surface area (Å²) in [5.41, 5.74) is 1.03. The number of likely N-dealkylation sites (tertiary alicyclic amines) is 1. The molecule has 30 heavy (non-hydrogen) atoms. The van der Waals surface area contributed by atoms with Gasteiger partial charge in [-0.05, 0) is 57.2 Å². The lowest BCUT2D eigenvalue weighted by Crippen LogP contribution is -2.49. The Kier molecular flexibility index (Phi) is 8.13. The Morgan fingerprint density at radius 3 is 2.27 bits per heavy atom. The van der Waals surface area contributed by atoms with E-state index in [0.29, 0.717) is 36.6 Å². The third-order valence-corrected chi connectivity index (χ3v) is 8.07. The van der Waals surface area contributed by atoms with Crippen LogP contribution in [0.3, 0.4) is 0 Å². The molecule has 2 saturated heterocycles. The number of piperidine rings is 2. The van der Waals surface area contributed by atoms with E-state index in [1.54, 1.807) is 23.5 Å². The van der Waals surface area contributed by atoms with Gasteiger partial charge in [0, 0.05) is 51.9 Å².